The first-order valence-electron chi connectivity index (χ1n) is 3.88. The Hall–Kier alpha value is -0.950. The van der Waals surface area contributed by atoms with Crippen LogP contribution in [-0.2, 0) is 0 Å². The Morgan fingerprint density at radius 1 is 1.77 bits per heavy atom. The second-order valence-corrected chi connectivity index (χ2v) is 2.84. The molecule has 1 aromatic heterocycles. The first-order chi connectivity index (χ1) is 6.29. The van der Waals surface area contributed by atoms with Crippen LogP contribution in [-0.4, -0.2) is 0 Å². The standard InChI is InChI=1S/C9H11ClN2O/c1-2-3-4-8(12-11)7-5-6-13-9(7)10/h5-6,8,12H,4,11H2,1H3. The van der Waals surface area contributed by atoms with Gasteiger partial charge in [0.25, 0.3) is 0 Å². The van der Waals surface area contributed by atoms with Crippen molar-refractivity contribution in [3.63, 3.8) is 0 Å². The largest absolute Gasteiger partial charge is 0.453 e. The van der Waals surface area contributed by atoms with Crippen LogP contribution < -0.4 is 11.3 Å². The average molecular weight is 199 g/mol. The molecule has 0 saturated heterocycles. The fourth-order valence-corrected chi connectivity index (χ4v) is 1.26. The highest BCUT2D eigenvalue weighted by atomic mass is 35.5. The van der Waals surface area contributed by atoms with Crippen LogP contribution in [0, 0.1) is 11.8 Å². The van der Waals surface area contributed by atoms with Gasteiger partial charge in [0.1, 0.15) is 0 Å². The monoisotopic (exact) mass is 198 g/mol. The lowest BCUT2D eigenvalue weighted by Gasteiger charge is -2.10. The quantitative estimate of drug-likeness (QED) is 0.443. The third-order valence-electron chi connectivity index (χ3n) is 1.71. The van der Waals surface area contributed by atoms with Crippen molar-refractivity contribution in [1.82, 2.24) is 5.43 Å². The molecule has 70 valence electrons. The molecule has 0 amide bonds. The van der Waals surface area contributed by atoms with Crippen molar-refractivity contribution in [1.29, 1.82) is 0 Å². The summed E-state index contributed by atoms with van der Waals surface area (Å²) in [5.74, 6) is 11.1. The lowest BCUT2D eigenvalue weighted by Crippen LogP contribution is -2.27. The highest BCUT2D eigenvalue weighted by Gasteiger charge is 2.13. The normalized spacial score (nSPS) is 11.9. The number of halogens is 1. The molecule has 3 nitrogen and oxygen atoms in total. The van der Waals surface area contributed by atoms with Crippen LogP contribution in [0.1, 0.15) is 24.9 Å². The van der Waals surface area contributed by atoms with Gasteiger partial charge in [-0.05, 0) is 24.6 Å². The zero-order valence-electron chi connectivity index (χ0n) is 7.30. The van der Waals surface area contributed by atoms with Crippen LogP contribution in [0.3, 0.4) is 0 Å². The molecule has 0 spiro atoms. The molecule has 0 radical (unpaired) electrons. The van der Waals surface area contributed by atoms with E-state index in [1.165, 1.54) is 6.26 Å². The van der Waals surface area contributed by atoms with E-state index < -0.39 is 0 Å². The van der Waals surface area contributed by atoms with Crippen LogP contribution in [0.5, 0.6) is 0 Å². The molecule has 1 unspecified atom stereocenters. The predicted octanol–water partition coefficient (Wildman–Crippen LogP) is 1.85. The number of nitrogens with two attached hydrogens (primary N) is 1. The molecule has 0 aliphatic rings. The second kappa shape index (κ2) is 4.93. The summed E-state index contributed by atoms with van der Waals surface area (Å²) in [6.07, 6.45) is 2.15. The molecule has 13 heavy (non-hydrogen) atoms. The van der Waals surface area contributed by atoms with Crippen molar-refractivity contribution in [3.05, 3.63) is 23.1 Å². The summed E-state index contributed by atoms with van der Waals surface area (Å²) >= 11 is 5.78. The molecule has 4 heteroatoms. The first-order valence-corrected chi connectivity index (χ1v) is 4.26. The second-order valence-electron chi connectivity index (χ2n) is 2.50. The van der Waals surface area contributed by atoms with Crippen molar-refractivity contribution < 1.29 is 4.42 Å². The highest BCUT2D eigenvalue weighted by Crippen LogP contribution is 2.25. The maximum atomic E-state index is 5.78. The van der Waals surface area contributed by atoms with Gasteiger partial charge >= 0.3 is 0 Å². The minimum Gasteiger partial charge on any atom is -0.453 e. The zero-order valence-corrected chi connectivity index (χ0v) is 8.06. The first kappa shape index (κ1) is 10.1. The van der Waals surface area contributed by atoms with Crippen LogP contribution in [0.15, 0.2) is 16.7 Å². The molecular formula is C9H11ClN2O. The van der Waals surface area contributed by atoms with E-state index in [9.17, 15) is 0 Å². The molecule has 0 aromatic carbocycles. The van der Waals surface area contributed by atoms with Crippen molar-refractivity contribution in [2.45, 2.75) is 19.4 Å². The number of hydrogen-bond donors (Lipinski definition) is 2. The Morgan fingerprint density at radius 2 is 2.54 bits per heavy atom. The third kappa shape index (κ3) is 2.49. The highest BCUT2D eigenvalue weighted by molar-refractivity contribution is 6.29. The topological polar surface area (TPSA) is 51.2 Å². The third-order valence-corrected chi connectivity index (χ3v) is 2.01. The number of hydrogen-bond acceptors (Lipinski definition) is 3. The van der Waals surface area contributed by atoms with Gasteiger partial charge in [-0.2, -0.15) is 0 Å². The fraction of sp³-hybridized carbons (Fsp3) is 0.333. The van der Waals surface area contributed by atoms with Gasteiger partial charge < -0.3 is 4.42 Å². The Kier molecular flexibility index (Phi) is 3.84. The summed E-state index contributed by atoms with van der Waals surface area (Å²) in [6.45, 7) is 1.78. The van der Waals surface area contributed by atoms with Gasteiger partial charge in [0.2, 0.25) is 0 Å². The number of hydrazine groups is 1. The van der Waals surface area contributed by atoms with Gasteiger partial charge in [-0.3, -0.25) is 11.3 Å². The van der Waals surface area contributed by atoms with E-state index >= 15 is 0 Å². The van der Waals surface area contributed by atoms with Crippen LogP contribution >= 0.6 is 11.6 Å². The van der Waals surface area contributed by atoms with Gasteiger partial charge in [-0.25, -0.2) is 0 Å². The van der Waals surface area contributed by atoms with E-state index in [1.807, 2.05) is 0 Å². The molecule has 1 aromatic rings. The van der Waals surface area contributed by atoms with E-state index in [-0.39, 0.29) is 6.04 Å². The predicted molar refractivity (Wildman–Crippen MR) is 51.8 cm³/mol. The molecular weight excluding hydrogens is 188 g/mol. The Labute approximate surface area is 82.2 Å². The van der Waals surface area contributed by atoms with Gasteiger partial charge in [0, 0.05) is 12.0 Å². The Morgan fingerprint density at radius 3 is 3.00 bits per heavy atom. The fourth-order valence-electron chi connectivity index (χ4n) is 1.02. The van der Waals surface area contributed by atoms with Gasteiger partial charge in [0.15, 0.2) is 5.22 Å². The lowest BCUT2D eigenvalue weighted by atomic mass is 10.1. The number of furan rings is 1. The van der Waals surface area contributed by atoms with Gasteiger partial charge in [-0.15, -0.1) is 11.8 Å². The van der Waals surface area contributed by atoms with E-state index in [0.29, 0.717) is 11.6 Å². The molecule has 1 heterocycles. The summed E-state index contributed by atoms with van der Waals surface area (Å²) in [6, 6.07) is 1.71. The van der Waals surface area contributed by atoms with Gasteiger partial charge in [-0.1, -0.05) is 0 Å². The van der Waals surface area contributed by atoms with E-state index in [0.717, 1.165) is 5.56 Å². The summed E-state index contributed by atoms with van der Waals surface area (Å²) in [5.41, 5.74) is 3.47. The van der Waals surface area contributed by atoms with E-state index in [1.54, 1.807) is 13.0 Å². The zero-order chi connectivity index (χ0) is 9.68. The van der Waals surface area contributed by atoms with E-state index in [2.05, 4.69) is 17.3 Å². The SMILES string of the molecule is CC#CCC(NN)c1ccoc1Cl. The number of rotatable bonds is 3. The molecule has 3 N–H and O–H groups in total. The minimum atomic E-state index is -0.0706. The molecule has 0 bridgehead atoms. The maximum Gasteiger partial charge on any atom is 0.197 e. The summed E-state index contributed by atoms with van der Waals surface area (Å²) in [7, 11) is 0. The average Bonchev–Trinajstić information content (AvgIpc) is 2.54. The Balaban J connectivity index is 2.76. The van der Waals surface area contributed by atoms with Crippen LogP contribution in [0.4, 0.5) is 0 Å². The van der Waals surface area contributed by atoms with Crippen molar-refractivity contribution >= 4 is 11.6 Å². The van der Waals surface area contributed by atoms with Crippen molar-refractivity contribution in [2.24, 2.45) is 5.84 Å². The smallest absolute Gasteiger partial charge is 0.197 e. The van der Waals surface area contributed by atoms with Crippen molar-refractivity contribution in [3.8, 4) is 11.8 Å². The summed E-state index contributed by atoms with van der Waals surface area (Å²) < 4.78 is 4.95. The van der Waals surface area contributed by atoms with Crippen molar-refractivity contribution in [2.75, 3.05) is 0 Å². The van der Waals surface area contributed by atoms with Gasteiger partial charge in [0.05, 0.1) is 12.3 Å². The van der Waals surface area contributed by atoms with Crippen LogP contribution in [0.2, 0.25) is 5.22 Å². The maximum absolute atomic E-state index is 5.78. The Bertz CT molecular complexity index is 324. The molecule has 0 fully saturated rings. The van der Waals surface area contributed by atoms with E-state index in [4.69, 9.17) is 21.9 Å². The summed E-state index contributed by atoms with van der Waals surface area (Å²) in [4.78, 5) is 0. The van der Waals surface area contributed by atoms with Crippen LogP contribution in [0.25, 0.3) is 0 Å². The minimum absolute atomic E-state index is 0.0706. The summed E-state index contributed by atoms with van der Waals surface area (Å²) in [5, 5.41) is 0.362. The molecule has 1 rings (SSSR count). The molecule has 0 aliphatic carbocycles. The molecule has 1 atom stereocenters. The lowest BCUT2D eigenvalue weighted by molar-refractivity contribution is 0.535. The molecule has 0 saturated carbocycles. The molecule has 0 aliphatic heterocycles. The number of nitrogens with one attached hydrogen (secondary N) is 1.